The van der Waals surface area contributed by atoms with Gasteiger partial charge in [-0.05, 0) is 104 Å². The molecule has 5 unspecified atom stereocenters. The molecule has 0 aliphatic heterocycles. The number of ether oxygens (including phenoxy) is 2. The van der Waals surface area contributed by atoms with Crippen molar-refractivity contribution < 1.29 is 19.4 Å². The van der Waals surface area contributed by atoms with Gasteiger partial charge in [-0.2, -0.15) is 0 Å². The van der Waals surface area contributed by atoms with Crippen molar-refractivity contribution in [3.05, 3.63) is 0 Å². The third-order valence-corrected chi connectivity index (χ3v) is 10.7. The van der Waals surface area contributed by atoms with Crippen LogP contribution < -0.4 is 0 Å². The van der Waals surface area contributed by atoms with Gasteiger partial charge in [-0.25, -0.2) is 0 Å². The Hall–Kier alpha value is -0.610. The highest BCUT2D eigenvalue weighted by molar-refractivity contribution is 5.69. The lowest BCUT2D eigenvalue weighted by Gasteiger charge is -2.63. The van der Waals surface area contributed by atoms with E-state index in [1.54, 1.807) is 0 Å². The van der Waals surface area contributed by atoms with Crippen LogP contribution in [-0.4, -0.2) is 37.5 Å². The average Bonchev–Trinajstić information content (AvgIpc) is 3.09. The van der Waals surface area contributed by atoms with E-state index in [1.165, 1.54) is 39.2 Å². The standard InChI is InChI=1S/C26H44O4/c1-16(6-9-23(28)30-5)19-7-8-20-24-21(11-13-26(19,20)3)25(2)12-10-18(27)14-17(25)15-22(24)29-4/h16-22,24,27H,6-15H2,1-5H3/t16?,17-,18+,19+,20-,21?,22?,24+,25?,26?/m0/s1. The molecule has 4 rings (SSSR count). The zero-order chi connectivity index (χ0) is 21.7. The number of fused-ring (bicyclic) bond motifs is 5. The zero-order valence-corrected chi connectivity index (χ0v) is 19.9. The van der Waals surface area contributed by atoms with Crippen LogP contribution in [0.5, 0.6) is 0 Å². The molecule has 4 fully saturated rings. The molecule has 4 heteroatoms. The Morgan fingerprint density at radius 2 is 1.73 bits per heavy atom. The van der Waals surface area contributed by atoms with Gasteiger partial charge in [0.25, 0.3) is 0 Å². The Kier molecular flexibility index (Phi) is 6.31. The first-order valence-electron chi connectivity index (χ1n) is 12.5. The van der Waals surface area contributed by atoms with Gasteiger partial charge in [-0.3, -0.25) is 4.79 Å². The highest BCUT2D eigenvalue weighted by atomic mass is 16.5. The second kappa shape index (κ2) is 8.39. The maximum Gasteiger partial charge on any atom is 0.305 e. The summed E-state index contributed by atoms with van der Waals surface area (Å²) in [6.45, 7) is 7.47. The van der Waals surface area contributed by atoms with Crippen LogP contribution in [-0.2, 0) is 14.3 Å². The molecule has 4 nitrogen and oxygen atoms in total. The molecule has 0 spiro atoms. The monoisotopic (exact) mass is 420 g/mol. The summed E-state index contributed by atoms with van der Waals surface area (Å²) >= 11 is 0. The van der Waals surface area contributed by atoms with Crippen LogP contribution in [0.25, 0.3) is 0 Å². The van der Waals surface area contributed by atoms with Crippen molar-refractivity contribution >= 4 is 5.97 Å². The van der Waals surface area contributed by atoms with E-state index in [0.29, 0.717) is 47.0 Å². The number of carbonyl (C=O) groups is 1. The predicted octanol–water partition coefficient (Wildman–Crippen LogP) is 5.22. The summed E-state index contributed by atoms with van der Waals surface area (Å²) in [5.41, 5.74) is 0.736. The molecule has 0 radical (unpaired) electrons. The lowest BCUT2D eigenvalue weighted by atomic mass is 9.43. The minimum absolute atomic E-state index is 0.0737. The largest absolute Gasteiger partial charge is 0.469 e. The number of hydrogen-bond acceptors (Lipinski definition) is 4. The van der Waals surface area contributed by atoms with Gasteiger partial charge >= 0.3 is 5.97 Å². The molecular formula is C26H44O4. The van der Waals surface area contributed by atoms with Crippen LogP contribution in [0.15, 0.2) is 0 Å². The summed E-state index contributed by atoms with van der Waals surface area (Å²) in [4.78, 5) is 11.7. The predicted molar refractivity (Wildman–Crippen MR) is 118 cm³/mol. The molecule has 0 saturated heterocycles. The lowest BCUT2D eigenvalue weighted by molar-refractivity contribution is -0.181. The van der Waals surface area contributed by atoms with E-state index in [4.69, 9.17) is 9.47 Å². The van der Waals surface area contributed by atoms with Crippen LogP contribution in [0.4, 0.5) is 0 Å². The number of aliphatic hydroxyl groups excluding tert-OH is 1. The number of hydrogen-bond donors (Lipinski definition) is 1. The van der Waals surface area contributed by atoms with Crippen LogP contribution >= 0.6 is 0 Å². The number of esters is 1. The van der Waals surface area contributed by atoms with Gasteiger partial charge in [0.1, 0.15) is 0 Å². The summed E-state index contributed by atoms with van der Waals surface area (Å²) in [6.07, 6.45) is 11.2. The zero-order valence-electron chi connectivity index (χ0n) is 19.9. The third kappa shape index (κ3) is 3.54. The van der Waals surface area contributed by atoms with Crippen molar-refractivity contribution in [2.45, 2.75) is 97.2 Å². The van der Waals surface area contributed by atoms with E-state index in [2.05, 4.69) is 20.8 Å². The molecule has 0 aromatic heterocycles. The van der Waals surface area contributed by atoms with Crippen LogP contribution in [0, 0.1) is 46.3 Å². The highest BCUT2D eigenvalue weighted by Gasteiger charge is 2.63. The molecule has 4 saturated carbocycles. The second-order valence-electron chi connectivity index (χ2n) is 11.8. The van der Waals surface area contributed by atoms with Gasteiger partial charge in [-0.15, -0.1) is 0 Å². The lowest BCUT2D eigenvalue weighted by Crippen LogP contribution is -2.59. The van der Waals surface area contributed by atoms with Gasteiger partial charge in [0, 0.05) is 13.5 Å². The summed E-state index contributed by atoms with van der Waals surface area (Å²) in [6, 6.07) is 0. The Bertz CT molecular complexity index is 635. The Morgan fingerprint density at radius 1 is 1.03 bits per heavy atom. The molecule has 4 aliphatic rings. The van der Waals surface area contributed by atoms with E-state index in [9.17, 15) is 9.90 Å². The van der Waals surface area contributed by atoms with Crippen LogP contribution in [0.2, 0.25) is 0 Å². The van der Waals surface area contributed by atoms with Crippen molar-refractivity contribution in [1.82, 2.24) is 0 Å². The van der Waals surface area contributed by atoms with E-state index in [1.807, 2.05) is 7.11 Å². The van der Waals surface area contributed by atoms with Crippen molar-refractivity contribution in [1.29, 1.82) is 0 Å². The van der Waals surface area contributed by atoms with Gasteiger partial charge in [0.05, 0.1) is 19.3 Å². The molecule has 0 bridgehead atoms. The quantitative estimate of drug-likeness (QED) is 0.620. The maximum atomic E-state index is 11.7. The fourth-order valence-corrected chi connectivity index (χ4v) is 9.05. The maximum absolute atomic E-state index is 11.7. The minimum atomic E-state index is -0.113. The van der Waals surface area contributed by atoms with Crippen LogP contribution in [0.3, 0.4) is 0 Å². The van der Waals surface area contributed by atoms with E-state index in [0.717, 1.165) is 37.5 Å². The first-order chi connectivity index (χ1) is 14.2. The molecule has 4 aliphatic carbocycles. The highest BCUT2D eigenvalue weighted by Crippen LogP contribution is 2.68. The molecule has 0 aromatic carbocycles. The Labute approximate surface area is 183 Å². The molecule has 30 heavy (non-hydrogen) atoms. The first-order valence-corrected chi connectivity index (χ1v) is 12.5. The second-order valence-corrected chi connectivity index (χ2v) is 11.8. The number of rotatable bonds is 5. The molecule has 0 amide bonds. The van der Waals surface area contributed by atoms with E-state index >= 15 is 0 Å². The van der Waals surface area contributed by atoms with Gasteiger partial charge < -0.3 is 14.6 Å². The smallest absolute Gasteiger partial charge is 0.305 e. The number of carbonyl (C=O) groups excluding carboxylic acids is 1. The van der Waals surface area contributed by atoms with Crippen molar-refractivity contribution in [2.75, 3.05) is 14.2 Å². The summed E-state index contributed by atoms with van der Waals surface area (Å²) in [5.74, 6) is 3.91. The SMILES string of the molecule is COC(=O)CCC(C)[C@H]1CC[C@H]2[C@H]3C(OC)C[C@@H]4C[C@H](O)CCC4(C)C3CCC12C. The fraction of sp³-hybridized carbons (Fsp3) is 0.962. The van der Waals surface area contributed by atoms with Gasteiger partial charge in [0.15, 0.2) is 0 Å². The summed E-state index contributed by atoms with van der Waals surface area (Å²) in [5, 5.41) is 10.3. The fourth-order valence-electron chi connectivity index (χ4n) is 9.05. The molecule has 0 heterocycles. The van der Waals surface area contributed by atoms with E-state index in [-0.39, 0.29) is 12.1 Å². The topological polar surface area (TPSA) is 55.8 Å². The van der Waals surface area contributed by atoms with Crippen molar-refractivity contribution in [2.24, 2.45) is 46.3 Å². The summed E-state index contributed by atoms with van der Waals surface area (Å²) in [7, 11) is 3.41. The van der Waals surface area contributed by atoms with Gasteiger partial charge in [0.2, 0.25) is 0 Å². The number of aliphatic hydroxyl groups is 1. The molecule has 1 N–H and O–H groups in total. The van der Waals surface area contributed by atoms with Crippen molar-refractivity contribution in [3.63, 3.8) is 0 Å². The molecular weight excluding hydrogens is 376 g/mol. The first kappa shape index (κ1) is 22.6. The van der Waals surface area contributed by atoms with Crippen LogP contribution in [0.1, 0.15) is 85.0 Å². The molecule has 0 aromatic rings. The van der Waals surface area contributed by atoms with Gasteiger partial charge in [-0.1, -0.05) is 20.8 Å². The average molecular weight is 421 g/mol. The Balaban J connectivity index is 1.55. The van der Waals surface area contributed by atoms with Crippen molar-refractivity contribution in [3.8, 4) is 0 Å². The van der Waals surface area contributed by atoms with E-state index < -0.39 is 0 Å². The molecule has 172 valence electrons. The third-order valence-electron chi connectivity index (χ3n) is 10.7. The number of methoxy groups -OCH3 is 2. The summed E-state index contributed by atoms with van der Waals surface area (Å²) < 4.78 is 11.1. The Morgan fingerprint density at radius 3 is 2.43 bits per heavy atom. The minimum Gasteiger partial charge on any atom is -0.469 e. The normalized spacial score (nSPS) is 48.9. The molecule has 10 atom stereocenters.